The van der Waals surface area contributed by atoms with Crippen LogP contribution in [0.3, 0.4) is 0 Å². The molecular weight excluding hydrogens is 546 g/mol. The van der Waals surface area contributed by atoms with Crippen molar-refractivity contribution in [3.8, 4) is 5.75 Å². The Bertz CT molecular complexity index is 1620. The van der Waals surface area contributed by atoms with Gasteiger partial charge in [-0.05, 0) is 66.9 Å². The lowest BCUT2D eigenvalue weighted by Gasteiger charge is -2.20. The molecule has 216 valence electrons. The molecule has 1 aromatic heterocycles. The van der Waals surface area contributed by atoms with E-state index < -0.39 is 22.2 Å². The predicted octanol–water partition coefficient (Wildman–Crippen LogP) is 4.09. The molecule has 0 aliphatic carbocycles. The van der Waals surface area contributed by atoms with Gasteiger partial charge in [0.1, 0.15) is 18.4 Å². The van der Waals surface area contributed by atoms with Gasteiger partial charge in [-0.3, -0.25) is 4.79 Å². The molecule has 0 saturated carbocycles. The monoisotopic (exact) mass is 579 g/mol. The van der Waals surface area contributed by atoms with Crippen molar-refractivity contribution in [3.63, 3.8) is 0 Å². The van der Waals surface area contributed by atoms with Crippen LogP contribution in [-0.2, 0) is 32.9 Å². The second kappa shape index (κ2) is 13.2. The van der Waals surface area contributed by atoms with Gasteiger partial charge in [0.05, 0.1) is 6.61 Å². The van der Waals surface area contributed by atoms with E-state index in [1.807, 2.05) is 55.0 Å². The number of fused-ring (bicyclic) bond motifs is 1. The molecule has 1 amide bonds. The first kappa shape index (κ1) is 29.4. The number of carbonyl (C=O) groups is 1. The van der Waals surface area contributed by atoms with E-state index >= 15 is 0 Å². The third-order valence-electron chi connectivity index (χ3n) is 6.02. The summed E-state index contributed by atoms with van der Waals surface area (Å²) >= 11 is 0. The van der Waals surface area contributed by atoms with E-state index in [9.17, 15) is 13.2 Å². The molecule has 3 aromatic carbocycles. The standard InChI is InChI=1S/C29H33N5O6S/c1-3-8-24-16-22-15-21(17-25(38-4-2)27(22)40-24)26(29(35)34-41(31,36)37)32-23-13-11-20(12-14-23)28(30)33-39-18-19-9-6-5-7-10-19/h5-7,9-17,26,32H,3-4,8,18H2,1-2H3,(H2,30,33)(H,34,35)(H2,31,36,37). The first-order valence-electron chi connectivity index (χ1n) is 13.1. The fraction of sp³-hybridized carbons (Fsp3) is 0.241. The molecule has 1 atom stereocenters. The van der Waals surface area contributed by atoms with E-state index in [0.717, 1.165) is 29.6 Å². The molecule has 0 aliphatic heterocycles. The van der Waals surface area contributed by atoms with Crippen LogP contribution in [0.5, 0.6) is 5.75 Å². The number of furan rings is 1. The maximum atomic E-state index is 13.1. The Balaban J connectivity index is 1.60. The van der Waals surface area contributed by atoms with Crippen LogP contribution in [0.1, 0.15) is 48.8 Å². The molecule has 6 N–H and O–H groups in total. The van der Waals surface area contributed by atoms with Crippen molar-refractivity contribution >= 4 is 38.6 Å². The first-order valence-corrected chi connectivity index (χ1v) is 14.6. The van der Waals surface area contributed by atoms with Gasteiger partial charge in [-0.1, -0.05) is 42.4 Å². The number of nitrogens with one attached hydrogen (secondary N) is 2. The highest BCUT2D eigenvalue weighted by molar-refractivity contribution is 7.87. The molecule has 0 fully saturated rings. The number of hydrogen-bond donors (Lipinski definition) is 4. The van der Waals surface area contributed by atoms with Gasteiger partial charge in [0.25, 0.3) is 16.1 Å². The Hall–Kier alpha value is -4.55. The minimum Gasteiger partial charge on any atom is -0.490 e. The van der Waals surface area contributed by atoms with Gasteiger partial charge < -0.3 is 25.0 Å². The largest absolute Gasteiger partial charge is 0.490 e. The second-order valence-electron chi connectivity index (χ2n) is 9.23. The van der Waals surface area contributed by atoms with E-state index in [1.165, 1.54) is 0 Å². The maximum absolute atomic E-state index is 13.1. The molecule has 0 saturated heterocycles. The van der Waals surface area contributed by atoms with Gasteiger partial charge in [0, 0.05) is 23.1 Å². The van der Waals surface area contributed by atoms with Crippen molar-refractivity contribution in [1.29, 1.82) is 0 Å². The van der Waals surface area contributed by atoms with Crippen LogP contribution in [0.4, 0.5) is 5.69 Å². The van der Waals surface area contributed by atoms with E-state index in [1.54, 1.807) is 36.4 Å². The summed E-state index contributed by atoms with van der Waals surface area (Å²) in [7, 11) is -4.32. The molecule has 4 rings (SSSR count). The minimum atomic E-state index is -4.32. The lowest BCUT2D eigenvalue weighted by atomic mass is 10.0. The molecule has 0 aliphatic rings. The van der Waals surface area contributed by atoms with Gasteiger partial charge in [0.15, 0.2) is 17.2 Å². The average Bonchev–Trinajstić information content (AvgIpc) is 3.35. The molecule has 41 heavy (non-hydrogen) atoms. The predicted molar refractivity (Wildman–Crippen MR) is 157 cm³/mol. The first-order chi connectivity index (χ1) is 19.7. The number of nitrogens with zero attached hydrogens (tertiary/aromatic N) is 1. The number of aryl methyl sites for hydroxylation is 1. The van der Waals surface area contributed by atoms with Crippen LogP contribution in [0.25, 0.3) is 11.0 Å². The summed E-state index contributed by atoms with van der Waals surface area (Å²) in [5.41, 5.74) is 9.14. The number of ether oxygens (including phenoxy) is 1. The summed E-state index contributed by atoms with van der Waals surface area (Å²) in [6, 6.07) is 20.5. The molecule has 0 spiro atoms. The van der Waals surface area contributed by atoms with Crippen LogP contribution in [0, 0.1) is 0 Å². The molecule has 12 heteroatoms. The number of nitrogens with two attached hydrogens (primary N) is 2. The van der Waals surface area contributed by atoms with Crippen LogP contribution < -0.4 is 25.6 Å². The van der Waals surface area contributed by atoms with Crippen molar-refractivity contribution in [2.45, 2.75) is 39.3 Å². The molecule has 0 bridgehead atoms. The molecule has 11 nitrogen and oxygen atoms in total. The summed E-state index contributed by atoms with van der Waals surface area (Å²) in [6.07, 6.45) is 1.63. The number of rotatable bonds is 13. The summed E-state index contributed by atoms with van der Waals surface area (Å²) < 4.78 is 37.1. The van der Waals surface area contributed by atoms with E-state index in [0.29, 0.717) is 34.8 Å². The highest BCUT2D eigenvalue weighted by atomic mass is 32.2. The Kier molecular flexibility index (Phi) is 9.48. The van der Waals surface area contributed by atoms with E-state index in [4.69, 9.17) is 24.9 Å². The van der Waals surface area contributed by atoms with E-state index in [2.05, 4.69) is 10.5 Å². The second-order valence-corrected chi connectivity index (χ2v) is 10.5. The fourth-order valence-corrected chi connectivity index (χ4v) is 4.60. The summed E-state index contributed by atoms with van der Waals surface area (Å²) in [5, 5.41) is 12.9. The lowest BCUT2D eigenvalue weighted by molar-refractivity contribution is -0.120. The minimum absolute atomic E-state index is 0.172. The highest BCUT2D eigenvalue weighted by Gasteiger charge is 2.26. The van der Waals surface area contributed by atoms with Gasteiger partial charge in [0.2, 0.25) is 0 Å². The third kappa shape index (κ3) is 7.99. The molecule has 0 radical (unpaired) electrons. The van der Waals surface area contributed by atoms with Crippen molar-refractivity contribution in [1.82, 2.24) is 4.72 Å². The number of carbonyl (C=O) groups excluding carboxylic acids is 1. The zero-order chi connectivity index (χ0) is 29.4. The Morgan fingerprint density at radius 2 is 1.78 bits per heavy atom. The van der Waals surface area contributed by atoms with Gasteiger partial charge in [-0.2, -0.15) is 8.42 Å². The van der Waals surface area contributed by atoms with Crippen LogP contribution >= 0.6 is 0 Å². The normalized spacial score (nSPS) is 12.6. The number of benzene rings is 3. The van der Waals surface area contributed by atoms with Gasteiger partial charge in [-0.15, -0.1) is 0 Å². The van der Waals surface area contributed by atoms with Crippen molar-refractivity contribution in [2.75, 3.05) is 11.9 Å². The van der Waals surface area contributed by atoms with Crippen LogP contribution in [-0.4, -0.2) is 26.8 Å². The zero-order valence-corrected chi connectivity index (χ0v) is 23.6. The highest BCUT2D eigenvalue weighted by Crippen LogP contribution is 2.34. The van der Waals surface area contributed by atoms with Crippen molar-refractivity contribution in [3.05, 3.63) is 95.2 Å². The molecular formula is C29H33N5O6S. The Morgan fingerprint density at radius 1 is 1.05 bits per heavy atom. The van der Waals surface area contributed by atoms with Gasteiger partial charge in [-0.25, -0.2) is 9.86 Å². The van der Waals surface area contributed by atoms with E-state index in [-0.39, 0.29) is 12.4 Å². The Morgan fingerprint density at radius 3 is 2.44 bits per heavy atom. The SMILES string of the molecule is CCCc1cc2cc(C(Nc3ccc(/C(N)=N/OCc4ccccc4)cc3)C(=O)NS(N)(=O)=O)cc(OCC)c2o1. The topological polar surface area (TPSA) is 171 Å². The number of anilines is 1. The van der Waals surface area contributed by atoms with Crippen molar-refractivity contribution in [2.24, 2.45) is 16.0 Å². The van der Waals surface area contributed by atoms with Crippen LogP contribution in [0.2, 0.25) is 0 Å². The van der Waals surface area contributed by atoms with Crippen molar-refractivity contribution < 1.29 is 27.2 Å². The quantitative estimate of drug-likeness (QED) is 0.104. The number of amides is 1. The van der Waals surface area contributed by atoms with Gasteiger partial charge >= 0.3 is 0 Å². The number of amidine groups is 1. The average molecular weight is 580 g/mol. The molecule has 1 unspecified atom stereocenters. The fourth-order valence-electron chi connectivity index (χ4n) is 4.20. The number of hydrogen-bond acceptors (Lipinski definition) is 8. The smallest absolute Gasteiger partial charge is 0.298 e. The summed E-state index contributed by atoms with van der Waals surface area (Å²) in [5.74, 6) is 0.519. The molecule has 1 heterocycles. The summed E-state index contributed by atoms with van der Waals surface area (Å²) in [4.78, 5) is 18.5. The molecule has 4 aromatic rings. The third-order valence-corrected chi connectivity index (χ3v) is 6.50. The lowest BCUT2D eigenvalue weighted by Crippen LogP contribution is -2.41. The summed E-state index contributed by atoms with van der Waals surface area (Å²) in [6.45, 7) is 4.51. The van der Waals surface area contributed by atoms with Crippen LogP contribution in [0.15, 0.2) is 82.4 Å². The zero-order valence-electron chi connectivity index (χ0n) is 22.8. The Labute approximate surface area is 238 Å². The number of oxime groups is 1. The maximum Gasteiger partial charge on any atom is 0.298 e.